The lowest BCUT2D eigenvalue weighted by Gasteiger charge is -2.09. The summed E-state index contributed by atoms with van der Waals surface area (Å²) < 4.78 is 38.8. The maximum atomic E-state index is 12.9. The number of nitrogens with two attached hydrogens (primary N) is 1. The van der Waals surface area contributed by atoms with Crippen molar-refractivity contribution in [2.75, 3.05) is 13.1 Å². The number of nitrogens with zero attached hydrogens (tertiary/aromatic N) is 1. The minimum Gasteiger partial charge on any atom is -0.507 e. The Morgan fingerprint density at radius 3 is 2.64 bits per heavy atom. The van der Waals surface area contributed by atoms with E-state index in [1.165, 1.54) is 0 Å². The van der Waals surface area contributed by atoms with E-state index in [0.29, 0.717) is 10.9 Å². The Labute approximate surface area is 124 Å². The van der Waals surface area contributed by atoms with Crippen LogP contribution < -0.4 is 5.32 Å². The van der Waals surface area contributed by atoms with Crippen LogP contribution in [0.15, 0.2) is 53.2 Å². The van der Waals surface area contributed by atoms with Crippen LogP contribution in [0.1, 0.15) is 5.56 Å². The summed E-state index contributed by atoms with van der Waals surface area (Å²) in [5, 5.41) is 12.9. The molecule has 0 radical (unpaired) electrons. The third kappa shape index (κ3) is 2.69. The van der Waals surface area contributed by atoms with Gasteiger partial charge in [0.25, 0.3) is 0 Å². The molecule has 1 aliphatic rings. The Bertz CT molecular complexity index is 779. The Hall–Kier alpha value is -2.34. The van der Waals surface area contributed by atoms with Gasteiger partial charge in [0.2, 0.25) is 5.70 Å². The summed E-state index contributed by atoms with van der Waals surface area (Å²) >= 11 is 0. The van der Waals surface area contributed by atoms with Crippen LogP contribution in [0.2, 0.25) is 0 Å². The molecule has 3 nitrogen and oxygen atoms in total. The third-order valence-corrected chi connectivity index (χ3v) is 3.57. The second kappa shape index (κ2) is 5.46. The standard InChI is InChI=1S/C16H13F3N2O/c17-16(18,19)14-9-13(20-7-8-21-14)12-6-5-10-3-1-2-4-11(10)15(12)22/h1-6,9,21-22H,7-8H2/p+1. The first kappa shape index (κ1) is 14.6. The maximum absolute atomic E-state index is 12.9. The van der Waals surface area contributed by atoms with Gasteiger partial charge in [-0.3, -0.25) is 4.99 Å². The van der Waals surface area contributed by atoms with Gasteiger partial charge < -0.3 is 10.4 Å². The van der Waals surface area contributed by atoms with E-state index >= 15 is 0 Å². The largest absolute Gasteiger partial charge is 0.507 e. The molecule has 0 unspecified atom stereocenters. The third-order valence-electron chi connectivity index (χ3n) is 3.57. The summed E-state index contributed by atoms with van der Waals surface area (Å²) in [7, 11) is 0. The zero-order valence-electron chi connectivity index (χ0n) is 11.6. The summed E-state index contributed by atoms with van der Waals surface area (Å²) in [4.78, 5) is 4.17. The second-order valence-corrected chi connectivity index (χ2v) is 5.04. The molecule has 0 fully saturated rings. The number of halogens is 3. The SMILES string of the molecule is Oc1c(C2=NCC[NH2+]C(C(F)(F)F)=C2)ccc2ccccc12. The number of allylic oxidation sites excluding steroid dienone is 2. The molecule has 1 heterocycles. The first-order chi connectivity index (χ1) is 10.5. The molecule has 0 aliphatic carbocycles. The summed E-state index contributed by atoms with van der Waals surface area (Å²) in [6, 6.07) is 10.5. The van der Waals surface area contributed by atoms with Gasteiger partial charge in [0, 0.05) is 17.0 Å². The highest BCUT2D eigenvalue weighted by molar-refractivity contribution is 6.13. The first-order valence-electron chi connectivity index (χ1n) is 6.84. The van der Waals surface area contributed by atoms with E-state index in [-0.39, 0.29) is 24.6 Å². The molecule has 0 bridgehead atoms. The molecule has 1 aliphatic heterocycles. The highest BCUT2D eigenvalue weighted by Gasteiger charge is 2.39. The Balaban J connectivity index is 2.13. The number of alkyl halides is 3. The minimum absolute atomic E-state index is 0.0449. The molecule has 2 aromatic rings. The molecule has 0 aromatic heterocycles. The molecule has 0 amide bonds. The number of rotatable bonds is 1. The number of phenolic OH excluding ortho intramolecular Hbond substituents is 1. The first-order valence-corrected chi connectivity index (χ1v) is 6.84. The van der Waals surface area contributed by atoms with Crippen LogP contribution in [0, 0.1) is 0 Å². The van der Waals surface area contributed by atoms with Gasteiger partial charge in [-0.1, -0.05) is 30.3 Å². The van der Waals surface area contributed by atoms with Crippen LogP contribution in [0.4, 0.5) is 13.2 Å². The van der Waals surface area contributed by atoms with E-state index < -0.39 is 11.9 Å². The lowest BCUT2D eigenvalue weighted by Crippen LogP contribution is -2.85. The fraction of sp³-hybridized carbons (Fsp3) is 0.188. The van der Waals surface area contributed by atoms with Gasteiger partial charge in [0.1, 0.15) is 12.3 Å². The average molecular weight is 307 g/mol. The van der Waals surface area contributed by atoms with E-state index in [1.807, 2.05) is 12.1 Å². The van der Waals surface area contributed by atoms with E-state index in [9.17, 15) is 18.3 Å². The Morgan fingerprint density at radius 1 is 1.09 bits per heavy atom. The van der Waals surface area contributed by atoms with Crippen molar-refractivity contribution in [3.05, 3.63) is 53.7 Å². The molecule has 2 aromatic carbocycles. The van der Waals surface area contributed by atoms with Crippen LogP contribution in [-0.2, 0) is 0 Å². The van der Waals surface area contributed by atoms with E-state index in [1.54, 1.807) is 24.3 Å². The highest BCUT2D eigenvalue weighted by Crippen LogP contribution is 2.30. The number of aromatic hydroxyl groups is 1. The van der Waals surface area contributed by atoms with E-state index in [4.69, 9.17) is 0 Å². The van der Waals surface area contributed by atoms with Gasteiger partial charge in [-0.05, 0) is 11.5 Å². The lowest BCUT2D eigenvalue weighted by molar-refractivity contribution is -0.622. The quantitative estimate of drug-likeness (QED) is 0.835. The lowest BCUT2D eigenvalue weighted by atomic mass is 10.0. The fourth-order valence-electron chi connectivity index (χ4n) is 2.48. The number of hydrogen-bond donors (Lipinski definition) is 2. The smallest absolute Gasteiger partial charge is 0.466 e. The minimum atomic E-state index is -4.42. The van der Waals surface area contributed by atoms with Crippen LogP contribution in [0.25, 0.3) is 10.8 Å². The van der Waals surface area contributed by atoms with Gasteiger partial charge in [0.15, 0.2) is 0 Å². The van der Waals surface area contributed by atoms with Gasteiger partial charge in [-0.15, -0.1) is 0 Å². The molecule has 114 valence electrons. The molecule has 3 rings (SSSR count). The zero-order chi connectivity index (χ0) is 15.7. The van der Waals surface area contributed by atoms with E-state index in [0.717, 1.165) is 16.8 Å². The number of hydrogen-bond acceptors (Lipinski definition) is 2. The molecular formula is C16H14F3N2O+. The van der Waals surface area contributed by atoms with Crippen LogP contribution in [0.5, 0.6) is 5.75 Å². The number of benzene rings is 2. The molecule has 0 saturated heterocycles. The van der Waals surface area contributed by atoms with E-state index in [2.05, 4.69) is 4.99 Å². The van der Waals surface area contributed by atoms with Crippen molar-refractivity contribution in [1.29, 1.82) is 0 Å². The predicted molar refractivity (Wildman–Crippen MR) is 77.9 cm³/mol. The molecule has 6 heteroatoms. The highest BCUT2D eigenvalue weighted by atomic mass is 19.4. The molecule has 0 atom stereocenters. The average Bonchev–Trinajstić information content (AvgIpc) is 2.74. The van der Waals surface area contributed by atoms with Crippen LogP contribution >= 0.6 is 0 Å². The summed E-state index contributed by atoms with van der Waals surface area (Å²) in [6.45, 7) is 0.487. The monoisotopic (exact) mass is 307 g/mol. The van der Waals surface area contributed by atoms with Crippen molar-refractivity contribution in [1.82, 2.24) is 0 Å². The second-order valence-electron chi connectivity index (χ2n) is 5.04. The van der Waals surface area contributed by atoms with Crippen LogP contribution in [-0.4, -0.2) is 30.1 Å². The normalized spacial score (nSPS) is 16.1. The Kier molecular flexibility index (Phi) is 3.62. The number of fused-ring (bicyclic) bond motifs is 1. The summed E-state index contributed by atoms with van der Waals surface area (Å²) in [5.74, 6) is -0.0449. The van der Waals surface area contributed by atoms with Gasteiger partial charge in [0.05, 0.1) is 12.3 Å². The summed E-state index contributed by atoms with van der Waals surface area (Å²) in [5.41, 5.74) is -0.253. The van der Waals surface area contributed by atoms with Crippen molar-refractivity contribution >= 4 is 16.5 Å². The van der Waals surface area contributed by atoms with Crippen molar-refractivity contribution in [3.63, 3.8) is 0 Å². The maximum Gasteiger partial charge on any atom is 0.466 e. The van der Waals surface area contributed by atoms with Crippen molar-refractivity contribution in [2.24, 2.45) is 4.99 Å². The molecule has 0 spiro atoms. The van der Waals surface area contributed by atoms with Crippen molar-refractivity contribution in [3.8, 4) is 5.75 Å². The molecular weight excluding hydrogens is 293 g/mol. The number of quaternary nitrogens is 1. The van der Waals surface area contributed by atoms with Crippen LogP contribution in [0.3, 0.4) is 0 Å². The van der Waals surface area contributed by atoms with Gasteiger partial charge >= 0.3 is 6.18 Å². The van der Waals surface area contributed by atoms with Gasteiger partial charge in [-0.25, -0.2) is 0 Å². The van der Waals surface area contributed by atoms with Crippen molar-refractivity contribution in [2.45, 2.75) is 6.18 Å². The topological polar surface area (TPSA) is 49.2 Å². The Morgan fingerprint density at radius 2 is 1.86 bits per heavy atom. The van der Waals surface area contributed by atoms with Gasteiger partial charge in [-0.2, -0.15) is 13.2 Å². The zero-order valence-corrected chi connectivity index (χ0v) is 11.6. The molecule has 3 N–H and O–H groups in total. The fourth-order valence-corrected chi connectivity index (χ4v) is 2.48. The van der Waals surface area contributed by atoms with Crippen molar-refractivity contribution < 1.29 is 23.6 Å². The predicted octanol–water partition coefficient (Wildman–Crippen LogP) is 2.36. The molecule has 0 saturated carbocycles. The number of phenols is 1. The molecule has 22 heavy (non-hydrogen) atoms. The number of aliphatic imine (C=N–C) groups is 1. The summed E-state index contributed by atoms with van der Waals surface area (Å²) in [6.07, 6.45) is -3.42.